The number of nitrogens with two attached hydrogens (primary N) is 1. The van der Waals surface area contributed by atoms with Gasteiger partial charge in [0, 0.05) is 13.8 Å². The molecule has 0 aliphatic carbocycles. The Bertz CT molecular complexity index is 1110. The van der Waals surface area contributed by atoms with Gasteiger partial charge in [0.25, 0.3) is 11.5 Å². The number of carbonyl (C=O) groups excluding carboxylic acids is 3. The van der Waals surface area contributed by atoms with Gasteiger partial charge < -0.3 is 19.9 Å². The Labute approximate surface area is 204 Å². The van der Waals surface area contributed by atoms with E-state index in [2.05, 4.69) is 18.1 Å². The number of phosphoric ester groups is 1. The molecule has 1 aromatic heterocycles. The quantitative estimate of drug-likeness (QED) is 0.214. The first-order valence-electron chi connectivity index (χ1n) is 10.3. The number of hydrogen-bond acceptors (Lipinski definition) is 12. The molecule has 1 aliphatic heterocycles. The Morgan fingerprint density at radius 2 is 1.69 bits per heavy atom. The van der Waals surface area contributed by atoms with Crippen molar-refractivity contribution in [3.05, 3.63) is 53.5 Å². The zero-order valence-corrected chi connectivity index (χ0v) is 20.3. The summed E-state index contributed by atoms with van der Waals surface area (Å²) in [5, 5.41) is 0. The molecule has 1 saturated heterocycles. The van der Waals surface area contributed by atoms with E-state index >= 15 is 0 Å². The molecule has 0 radical (unpaired) electrons. The minimum absolute atomic E-state index is 0.215. The number of esters is 2. The third kappa shape index (κ3) is 7.38. The SMILES string of the molecule is C=CCOP(=O)(OCC=C)OCC1O[C@@H](n2cc(F)nc(C(N)=O)c2=O)[C@H](OC(C)=O)[C@@H]1OC(C)=O. The van der Waals surface area contributed by atoms with Gasteiger partial charge in [-0.15, -0.1) is 13.2 Å². The normalized spacial score (nSPS) is 21.5. The number of nitrogens with zero attached hydrogens (tertiary/aromatic N) is 2. The third-order valence-electron chi connectivity index (χ3n) is 4.40. The second-order valence-electron chi connectivity index (χ2n) is 7.11. The molecular weight excluding hydrogens is 508 g/mol. The van der Waals surface area contributed by atoms with Gasteiger partial charge in [-0.2, -0.15) is 4.39 Å². The highest BCUT2D eigenvalue weighted by Crippen LogP contribution is 2.50. The van der Waals surface area contributed by atoms with E-state index in [1.807, 2.05) is 0 Å². The fraction of sp³-hybridized carbons (Fsp3) is 0.450. The van der Waals surface area contributed by atoms with Crippen LogP contribution in [-0.4, -0.2) is 65.5 Å². The molecule has 1 unspecified atom stereocenters. The smallest absolute Gasteiger partial charge is 0.456 e. The Morgan fingerprint density at radius 3 is 2.19 bits per heavy atom. The maximum Gasteiger partial charge on any atom is 0.475 e. The third-order valence-corrected chi connectivity index (χ3v) is 5.79. The van der Waals surface area contributed by atoms with Gasteiger partial charge in [-0.1, -0.05) is 12.2 Å². The molecule has 36 heavy (non-hydrogen) atoms. The summed E-state index contributed by atoms with van der Waals surface area (Å²) >= 11 is 0. The second-order valence-corrected chi connectivity index (χ2v) is 8.78. The molecular formula is C20H25FN3O11P. The second kappa shape index (κ2) is 12.6. The van der Waals surface area contributed by atoms with E-state index in [1.165, 1.54) is 12.2 Å². The molecule has 1 amide bonds. The zero-order chi connectivity index (χ0) is 27.0. The largest absolute Gasteiger partial charge is 0.475 e. The van der Waals surface area contributed by atoms with Crippen molar-refractivity contribution in [3.63, 3.8) is 0 Å². The van der Waals surface area contributed by atoms with Gasteiger partial charge in [0.1, 0.15) is 6.10 Å². The van der Waals surface area contributed by atoms with Crippen molar-refractivity contribution in [3.8, 4) is 0 Å². The molecule has 2 rings (SSSR count). The number of carbonyl (C=O) groups is 3. The molecule has 0 spiro atoms. The molecule has 4 atom stereocenters. The first-order valence-corrected chi connectivity index (χ1v) is 11.7. The maximum atomic E-state index is 14.1. The summed E-state index contributed by atoms with van der Waals surface area (Å²) < 4.78 is 59.1. The number of amides is 1. The minimum atomic E-state index is -4.21. The number of ether oxygens (including phenoxy) is 3. The summed E-state index contributed by atoms with van der Waals surface area (Å²) in [6, 6.07) is 0. The van der Waals surface area contributed by atoms with Crippen LogP contribution in [0.1, 0.15) is 30.6 Å². The highest BCUT2D eigenvalue weighted by molar-refractivity contribution is 7.48. The molecule has 0 aromatic carbocycles. The van der Waals surface area contributed by atoms with E-state index in [0.717, 1.165) is 13.8 Å². The van der Waals surface area contributed by atoms with E-state index in [4.69, 9.17) is 33.5 Å². The summed E-state index contributed by atoms with van der Waals surface area (Å²) in [5.74, 6) is -4.32. The standard InChI is InChI=1S/C20H25FN3O11P/c1-5-7-30-36(29,31-8-6-2)32-10-13-16(33-11(3)25)17(34-12(4)26)20(35-13)24-9-14(21)23-15(18(22)27)19(24)28/h5-6,9,13,16-17,20H,1-2,7-8,10H2,3-4H3,(H2,22,27)/t13?,16-,17-,20-/m1/s1. The lowest BCUT2D eigenvalue weighted by Crippen LogP contribution is -2.42. The van der Waals surface area contributed by atoms with Crippen molar-refractivity contribution in [2.45, 2.75) is 38.4 Å². The topological polar surface area (TPSA) is 185 Å². The van der Waals surface area contributed by atoms with Crippen molar-refractivity contribution < 1.29 is 51.1 Å². The van der Waals surface area contributed by atoms with Crippen LogP contribution in [0.15, 0.2) is 36.3 Å². The van der Waals surface area contributed by atoms with E-state index < -0.39 is 74.0 Å². The monoisotopic (exact) mass is 533 g/mol. The summed E-state index contributed by atoms with van der Waals surface area (Å²) in [7, 11) is -4.21. The molecule has 1 aromatic rings. The highest BCUT2D eigenvalue weighted by atomic mass is 31.2. The van der Waals surface area contributed by atoms with Gasteiger partial charge >= 0.3 is 19.8 Å². The van der Waals surface area contributed by atoms with Crippen molar-refractivity contribution in [1.29, 1.82) is 0 Å². The lowest BCUT2D eigenvalue weighted by atomic mass is 10.1. The first kappa shape index (κ1) is 29.0. The molecule has 2 heterocycles. The Kier molecular flexibility index (Phi) is 10.2. The molecule has 14 nitrogen and oxygen atoms in total. The molecule has 16 heteroatoms. The number of rotatable bonds is 13. The van der Waals surface area contributed by atoms with Crippen LogP contribution < -0.4 is 11.3 Å². The molecule has 1 aliphatic rings. The van der Waals surface area contributed by atoms with Crippen LogP contribution in [0.3, 0.4) is 0 Å². The number of phosphoric acid groups is 1. The van der Waals surface area contributed by atoms with E-state index in [1.54, 1.807) is 0 Å². The van der Waals surface area contributed by atoms with Crippen molar-refractivity contribution >= 4 is 25.7 Å². The summed E-state index contributed by atoms with van der Waals surface area (Å²) in [4.78, 5) is 51.0. The van der Waals surface area contributed by atoms with Crippen molar-refractivity contribution in [2.75, 3.05) is 19.8 Å². The Hall–Kier alpha value is -3.23. The lowest BCUT2D eigenvalue weighted by Gasteiger charge is -2.24. The number of aromatic nitrogens is 2. The van der Waals surface area contributed by atoms with Gasteiger partial charge in [-0.05, 0) is 0 Å². The summed E-state index contributed by atoms with van der Waals surface area (Å²) in [5.41, 5.74) is 2.96. The van der Waals surface area contributed by atoms with E-state index in [9.17, 15) is 28.1 Å². The van der Waals surface area contributed by atoms with Crippen LogP contribution in [0, 0.1) is 5.95 Å². The molecule has 1 fully saturated rings. The van der Waals surface area contributed by atoms with Crippen molar-refractivity contribution in [2.24, 2.45) is 5.73 Å². The van der Waals surface area contributed by atoms with Crippen LogP contribution in [0.2, 0.25) is 0 Å². The maximum absolute atomic E-state index is 14.1. The Morgan fingerprint density at radius 1 is 1.14 bits per heavy atom. The number of primary amides is 1. The fourth-order valence-corrected chi connectivity index (χ4v) is 4.24. The zero-order valence-electron chi connectivity index (χ0n) is 19.4. The molecule has 2 N–H and O–H groups in total. The number of hydrogen-bond donors (Lipinski definition) is 1. The summed E-state index contributed by atoms with van der Waals surface area (Å²) in [6.07, 6.45) is -2.82. The fourth-order valence-electron chi connectivity index (χ4n) is 3.11. The van der Waals surface area contributed by atoms with Gasteiger partial charge in [-0.3, -0.25) is 37.3 Å². The average Bonchev–Trinajstić information content (AvgIpc) is 3.12. The number of halogens is 1. The highest BCUT2D eigenvalue weighted by Gasteiger charge is 2.51. The first-order chi connectivity index (χ1) is 16.9. The van der Waals surface area contributed by atoms with Crippen LogP contribution in [0.5, 0.6) is 0 Å². The summed E-state index contributed by atoms with van der Waals surface area (Å²) in [6.45, 7) is 7.87. The van der Waals surface area contributed by atoms with Crippen LogP contribution in [0.25, 0.3) is 0 Å². The average molecular weight is 533 g/mol. The molecule has 0 bridgehead atoms. The van der Waals surface area contributed by atoms with E-state index in [0.29, 0.717) is 10.8 Å². The predicted molar refractivity (Wildman–Crippen MR) is 118 cm³/mol. The van der Waals surface area contributed by atoms with E-state index in [-0.39, 0.29) is 13.2 Å². The lowest BCUT2D eigenvalue weighted by molar-refractivity contribution is -0.165. The Balaban J connectivity index is 2.48. The van der Waals surface area contributed by atoms with Gasteiger partial charge in [0.15, 0.2) is 24.1 Å². The minimum Gasteiger partial charge on any atom is -0.456 e. The van der Waals surface area contributed by atoms with Crippen LogP contribution in [0.4, 0.5) is 4.39 Å². The predicted octanol–water partition coefficient (Wildman–Crippen LogP) is 0.772. The van der Waals surface area contributed by atoms with Gasteiger partial charge in [0.05, 0.1) is 26.0 Å². The molecule has 198 valence electrons. The van der Waals surface area contributed by atoms with Crippen LogP contribution in [-0.2, 0) is 41.9 Å². The van der Waals surface area contributed by atoms with Crippen LogP contribution >= 0.6 is 7.82 Å². The molecule has 0 saturated carbocycles. The van der Waals surface area contributed by atoms with Gasteiger partial charge in [-0.25, -0.2) is 9.55 Å². The van der Waals surface area contributed by atoms with Gasteiger partial charge in [0.2, 0.25) is 5.95 Å². The van der Waals surface area contributed by atoms with Crippen molar-refractivity contribution in [1.82, 2.24) is 9.55 Å².